The van der Waals surface area contributed by atoms with Crippen LogP contribution in [-0.4, -0.2) is 4.57 Å². The van der Waals surface area contributed by atoms with E-state index in [0.717, 1.165) is 22.7 Å². The normalized spacial score (nSPS) is 11.6. The second-order valence-corrected chi connectivity index (χ2v) is 13.0. The summed E-state index contributed by atoms with van der Waals surface area (Å²) in [6.07, 6.45) is 0. The van der Waals surface area contributed by atoms with E-state index >= 15 is 0 Å². The Bertz CT molecular complexity index is 2830. The van der Waals surface area contributed by atoms with E-state index in [-0.39, 0.29) is 0 Å². The minimum Gasteiger partial charge on any atom is -0.310 e. The van der Waals surface area contributed by atoms with Gasteiger partial charge in [-0.2, -0.15) is 0 Å². The highest BCUT2D eigenvalue weighted by molar-refractivity contribution is 6.24. The summed E-state index contributed by atoms with van der Waals surface area (Å²) in [5.74, 6) is 0. The summed E-state index contributed by atoms with van der Waals surface area (Å²) < 4.78 is 2.38. The van der Waals surface area contributed by atoms with Crippen LogP contribution < -0.4 is 4.90 Å². The molecule has 0 fully saturated rings. The van der Waals surface area contributed by atoms with Crippen LogP contribution in [-0.2, 0) is 0 Å². The number of rotatable bonds is 5. The fourth-order valence-electron chi connectivity index (χ4n) is 7.88. The molecule has 0 atom stereocenters. The first-order valence-corrected chi connectivity index (χ1v) is 17.2. The first-order chi connectivity index (χ1) is 24.8. The van der Waals surface area contributed by atoms with Crippen LogP contribution in [0.15, 0.2) is 194 Å². The van der Waals surface area contributed by atoms with Gasteiger partial charge in [0, 0.05) is 33.5 Å². The van der Waals surface area contributed by atoms with Gasteiger partial charge >= 0.3 is 0 Å². The summed E-state index contributed by atoms with van der Waals surface area (Å²) in [6, 6.07) is 70.4. The van der Waals surface area contributed by atoms with Crippen LogP contribution in [0.3, 0.4) is 0 Å². The summed E-state index contributed by atoms with van der Waals surface area (Å²) in [5, 5.41) is 10.2. The predicted octanol–water partition coefficient (Wildman–Crippen LogP) is 13.4. The first-order valence-electron chi connectivity index (χ1n) is 17.2. The molecule has 0 aliphatic heterocycles. The van der Waals surface area contributed by atoms with Crippen molar-refractivity contribution in [3.63, 3.8) is 0 Å². The van der Waals surface area contributed by atoms with Crippen molar-refractivity contribution in [1.82, 2.24) is 4.57 Å². The fourth-order valence-corrected chi connectivity index (χ4v) is 7.88. The molecule has 0 bridgehead atoms. The Morgan fingerprint density at radius 2 is 0.900 bits per heavy atom. The van der Waals surface area contributed by atoms with E-state index in [9.17, 15) is 0 Å². The molecule has 0 saturated heterocycles. The van der Waals surface area contributed by atoms with Gasteiger partial charge in [0.25, 0.3) is 0 Å². The molecule has 0 spiro atoms. The fraction of sp³-hybridized carbons (Fsp3) is 0. The molecule has 0 aliphatic rings. The molecule has 234 valence electrons. The third-order valence-electron chi connectivity index (χ3n) is 10.1. The monoisotopic (exact) mass is 636 g/mol. The number of para-hydroxylation sites is 3. The lowest BCUT2D eigenvalue weighted by Gasteiger charge is -2.26. The quantitative estimate of drug-likeness (QED) is 0.171. The topological polar surface area (TPSA) is 8.17 Å². The highest BCUT2D eigenvalue weighted by Gasteiger charge is 2.18. The second kappa shape index (κ2) is 11.5. The van der Waals surface area contributed by atoms with Gasteiger partial charge in [-0.25, -0.2) is 0 Å². The van der Waals surface area contributed by atoms with Crippen molar-refractivity contribution in [2.24, 2.45) is 0 Å². The molecule has 1 heterocycles. The van der Waals surface area contributed by atoms with E-state index < -0.39 is 0 Å². The molecule has 0 aliphatic carbocycles. The number of hydrogen-bond donors (Lipinski definition) is 0. The Morgan fingerprint density at radius 1 is 0.340 bits per heavy atom. The summed E-state index contributed by atoms with van der Waals surface area (Å²) in [4.78, 5) is 2.36. The Labute approximate surface area is 290 Å². The van der Waals surface area contributed by atoms with E-state index in [1.54, 1.807) is 0 Å². The number of aromatic nitrogens is 1. The number of anilines is 3. The van der Waals surface area contributed by atoms with Crippen molar-refractivity contribution in [3.8, 4) is 16.8 Å². The number of benzene rings is 9. The molecule has 0 saturated carbocycles. The molecule has 9 aromatic carbocycles. The minimum atomic E-state index is 1.11. The van der Waals surface area contributed by atoms with Crippen LogP contribution in [0.1, 0.15) is 0 Å². The van der Waals surface area contributed by atoms with E-state index in [4.69, 9.17) is 0 Å². The lowest BCUT2D eigenvalue weighted by molar-refractivity contribution is 1.18. The zero-order valence-corrected chi connectivity index (χ0v) is 27.4. The molecular weight excluding hydrogens is 605 g/mol. The second-order valence-electron chi connectivity index (χ2n) is 13.0. The molecule has 2 nitrogen and oxygen atoms in total. The van der Waals surface area contributed by atoms with E-state index in [1.807, 2.05) is 0 Å². The summed E-state index contributed by atoms with van der Waals surface area (Å²) in [7, 11) is 0. The Balaban J connectivity index is 1.15. The Hall–Kier alpha value is -6.64. The van der Waals surface area contributed by atoms with Crippen molar-refractivity contribution in [2.45, 2.75) is 0 Å². The average molecular weight is 637 g/mol. The molecule has 1 aromatic heterocycles. The van der Waals surface area contributed by atoms with Crippen molar-refractivity contribution in [3.05, 3.63) is 194 Å². The van der Waals surface area contributed by atoms with Crippen molar-refractivity contribution in [1.29, 1.82) is 0 Å². The van der Waals surface area contributed by atoms with Gasteiger partial charge in [0.2, 0.25) is 0 Å². The molecule has 0 N–H and O–H groups in total. The molecule has 2 heteroatoms. The maximum absolute atomic E-state index is 2.38. The van der Waals surface area contributed by atoms with Crippen LogP contribution in [0.5, 0.6) is 0 Å². The largest absolute Gasteiger partial charge is 0.310 e. The maximum atomic E-state index is 2.38. The predicted molar refractivity (Wildman–Crippen MR) is 213 cm³/mol. The van der Waals surface area contributed by atoms with Gasteiger partial charge in [0.15, 0.2) is 0 Å². The van der Waals surface area contributed by atoms with Gasteiger partial charge in [-0.15, -0.1) is 0 Å². The minimum absolute atomic E-state index is 1.11. The van der Waals surface area contributed by atoms with Gasteiger partial charge in [-0.3, -0.25) is 0 Å². The molecular formula is C48H32N2. The maximum Gasteiger partial charge on any atom is 0.0561 e. The Morgan fingerprint density at radius 3 is 1.68 bits per heavy atom. The van der Waals surface area contributed by atoms with Gasteiger partial charge in [-0.05, 0) is 104 Å². The van der Waals surface area contributed by atoms with Crippen LogP contribution >= 0.6 is 0 Å². The van der Waals surface area contributed by atoms with Crippen molar-refractivity contribution >= 4 is 71.2 Å². The zero-order chi connectivity index (χ0) is 33.0. The highest BCUT2D eigenvalue weighted by Crippen LogP contribution is 2.42. The number of hydrogen-bond acceptors (Lipinski definition) is 1. The standard InChI is InChI=1S/C48H32N2/c1-3-15-36(16-4-1)49(39-28-30-43-42-21-11-12-22-46(42)50(47(43)32-39)37-17-5-2-6-18-37)38-26-23-34(24-27-38)45-31-35-14-8-10-20-41(35)48-40-19-9-7-13-33(40)25-29-44(45)48/h1-32H. The zero-order valence-electron chi connectivity index (χ0n) is 27.4. The lowest BCUT2D eigenvalue weighted by Crippen LogP contribution is -2.10. The summed E-state index contributed by atoms with van der Waals surface area (Å²) in [5.41, 5.74) is 9.32. The molecule has 0 unspecified atom stereocenters. The average Bonchev–Trinajstić information content (AvgIpc) is 3.52. The number of fused-ring (bicyclic) bond motifs is 8. The van der Waals surface area contributed by atoms with E-state index in [2.05, 4.69) is 204 Å². The molecule has 0 amide bonds. The smallest absolute Gasteiger partial charge is 0.0561 e. The SMILES string of the molecule is c1ccc(N(c2ccc(-c3cc4ccccc4c4c3ccc3ccccc34)cc2)c2ccc3c4ccccc4n(-c4ccccc4)c3c2)cc1. The van der Waals surface area contributed by atoms with Crippen LogP contribution in [0.2, 0.25) is 0 Å². The van der Waals surface area contributed by atoms with E-state index in [0.29, 0.717) is 0 Å². The molecule has 10 rings (SSSR count). The van der Waals surface area contributed by atoms with E-state index in [1.165, 1.54) is 65.3 Å². The third kappa shape index (κ3) is 4.50. The van der Waals surface area contributed by atoms with Gasteiger partial charge in [-0.1, -0.05) is 133 Å². The first kappa shape index (κ1) is 28.4. The van der Waals surface area contributed by atoms with Crippen LogP contribution in [0.25, 0.3) is 70.9 Å². The molecule has 0 radical (unpaired) electrons. The van der Waals surface area contributed by atoms with Crippen molar-refractivity contribution < 1.29 is 0 Å². The summed E-state index contributed by atoms with van der Waals surface area (Å²) in [6.45, 7) is 0. The lowest BCUT2D eigenvalue weighted by atomic mass is 9.90. The molecule has 10 aromatic rings. The van der Waals surface area contributed by atoms with Gasteiger partial charge < -0.3 is 9.47 Å². The third-order valence-corrected chi connectivity index (χ3v) is 10.1. The van der Waals surface area contributed by atoms with Crippen LogP contribution in [0.4, 0.5) is 17.1 Å². The number of nitrogens with zero attached hydrogens (tertiary/aromatic N) is 2. The Kier molecular flexibility index (Phi) is 6.53. The van der Waals surface area contributed by atoms with Crippen molar-refractivity contribution in [2.75, 3.05) is 4.90 Å². The highest BCUT2D eigenvalue weighted by atomic mass is 15.1. The van der Waals surface area contributed by atoms with Gasteiger partial charge in [0.1, 0.15) is 0 Å². The van der Waals surface area contributed by atoms with Gasteiger partial charge in [0.05, 0.1) is 11.0 Å². The summed E-state index contributed by atoms with van der Waals surface area (Å²) >= 11 is 0. The van der Waals surface area contributed by atoms with Crippen LogP contribution in [0, 0.1) is 0 Å². The molecule has 50 heavy (non-hydrogen) atoms.